The van der Waals surface area contributed by atoms with Crippen molar-refractivity contribution in [2.24, 2.45) is 0 Å². The molecule has 2 rings (SSSR count). The fourth-order valence-corrected chi connectivity index (χ4v) is 2.35. The third-order valence-corrected chi connectivity index (χ3v) is 4.69. The minimum absolute atomic E-state index is 0.0274. The lowest BCUT2D eigenvalue weighted by molar-refractivity contribution is -0.0982. The van der Waals surface area contributed by atoms with E-state index in [0.29, 0.717) is 0 Å². The summed E-state index contributed by atoms with van der Waals surface area (Å²) in [5.41, 5.74) is -1.27. The van der Waals surface area contributed by atoms with Crippen LogP contribution in [-0.4, -0.2) is 28.5 Å². The third-order valence-electron chi connectivity index (χ3n) is 4.41. The highest BCUT2D eigenvalue weighted by atomic mass is 35.5. The molecule has 2 N–H and O–H groups in total. The fourth-order valence-electron chi connectivity index (χ4n) is 2.08. The van der Waals surface area contributed by atoms with E-state index >= 15 is 0 Å². The Morgan fingerprint density at radius 1 is 1.12 bits per heavy atom. The Kier molecular flexibility index (Phi) is 6.35. The second kappa shape index (κ2) is 7.97. The van der Waals surface area contributed by atoms with Crippen LogP contribution in [0.25, 0.3) is 0 Å². The maximum atomic E-state index is 14.4. The van der Waals surface area contributed by atoms with Crippen LogP contribution >= 0.6 is 11.6 Å². The summed E-state index contributed by atoms with van der Waals surface area (Å²) in [5.74, 6) is -0.791. The van der Waals surface area contributed by atoms with Crippen molar-refractivity contribution in [1.29, 1.82) is 0 Å². The lowest BCUT2D eigenvalue weighted by atomic mass is 9.76. The maximum Gasteiger partial charge on any atom is 0.491 e. The number of rotatable bonds is 7. The van der Waals surface area contributed by atoms with E-state index in [1.807, 2.05) is 30.3 Å². The first-order valence-corrected chi connectivity index (χ1v) is 8.63. The van der Waals surface area contributed by atoms with Gasteiger partial charge in [0.05, 0.1) is 16.2 Å². The zero-order chi connectivity index (χ0) is 19.5. The van der Waals surface area contributed by atoms with Gasteiger partial charge in [0.2, 0.25) is 0 Å². The van der Waals surface area contributed by atoms with Crippen molar-refractivity contribution in [2.75, 3.05) is 0 Å². The van der Waals surface area contributed by atoms with Crippen molar-refractivity contribution in [3.63, 3.8) is 0 Å². The van der Waals surface area contributed by atoms with Gasteiger partial charge in [-0.15, -0.1) is 0 Å². The normalized spacial score (nSPS) is 12.2. The molecule has 0 fully saturated rings. The van der Waals surface area contributed by atoms with Crippen LogP contribution in [0, 0.1) is 5.82 Å². The molecule has 0 amide bonds. The summed E-state index contributed by atoms with van der Waals surface area (Å²) >= 11 is 6.13. The first-order chi connectivity index (χ1) is 12.0. The lowest BCUT2D eigenvalue weighted by Gasteiger charge is -2.38. The Labute approximate surface area is 158 Å². The van der Waals surface area contributed by atoms with E-state index in [1.165, 1.54) is 6.07 Å². The highest BCUT2D eigenvalue weighted by molar-refractivity contribution is 6.60. The van der Waals surface area contributed by atoms with E-state index in [4.69, 9.17) is 21.0 Å². The summed E-state index contributed by atoms with van der Waals surface area (Å²) in [7, 11) is -1.45. The molecule has 0 radical (unpaired) electrons. The Hall–Kier alpha value is -1.60. The van der Waals surface area contributed by atoms with Gasteiger partial charge in [-0.3, -0.25) is 0 Å². The average Bonchev–Trinajstić information content (AvgIpc) is 2.53. The van der Waals surface area contributed by atoms with Crippen molar-refractivity contribution in [2.45, 2.75) is 45.5 Å². The largest absolute Gasteiger partial charge is 0.491 e. The highest BCUT2D eigenvalue weighted by Gasteiger charge is 2.39. The number of hydrogen-bond donors (Lipinski definition) is 2. The molecular weight excluding hydrogens is 357 g/mol. The molecule has 7 heteroatoms. The zero-order valence-electron chi connectivity index (χ0n) is 15.3. The van der Waals surface area contributed by atoms with Gasteiger partial charge < -0.3 is 19.5 Å². The summed E-state index contributed by atoms with van der Waals surface area (Å²) in [6.45, 7) is 6.56. The summed E-state index contributed by atoms with van der Waals surface area (Å²) < 4.78 is 25.4. The summed E-state index contributed by atoms with van der Waals surface area (Å²) in [6, 6.07) is 11.8. The molecule has 140 valence electrons. The molecule has 0 atom stereocenters. The minimum atomic E-state index is -1.45. The van der Waals surface area contributed by atoms with Crippen molar-refractivity contribution in [1.82, 2.24) is 0 Å². The highest BCUT2D eigenvalue weighted by Crippen LogP contribution is 2.29. The van der Waals surface area contributed by atoms with E-state index in [-0.39, 0.29) is 22.8 Å². The van der Waals surface area contributed by atoms with Gasteiger partial charge >= 0.3 is 7.12 Å². The van der Waals surface area contributed by atoms with Gasteiger partial charge in [-0.25, -0.2) is 4.39 Å². The first kappa shape index (κ1) is 20.7. The monoisotopic (exact) mass is 380 g/mol. The molecule has 0 heterocycles. The minimum Gasteiger partial charge on any atom is -0.484 e. The van der Waals surface area contributed by atoms with Crippen LogP contribution in [-0.2, 0) is 11.3 Å². The van der Waals surface area contributed by atoms with E-state index < -0.39 is 24.1 Å². The number of benzene rings is 2. The molecule has 0 saturated heterocycles. The standard InChI is InChI=1S/C19H23BClFO4/c1-18(2,23)19(3,4)26-20(24)14-10-15(21)17(16(22)11-14)25-12-13-8-6-5-7-9-13/h5-11,23-24H,12H2,1-4H3. The molecule has 2 aromatic rings. The molecule has 0 aliphatic heterocycles. The van der Waals surface area contributed by atoms with Gasteiger partial charge in [-0.2, -0.15) is 0 Å². The summed E-state index contributed by atoms with van der Waals surface area (Å²) in [5, 5.41) is 20.4. The molecule has 0 saturated carbocycles. The molecule has 0 bridgehead atoms. The quantitative estimate of drug-likeness (QED) is 0.724. The van der Waals surface area contributed by atoms with E-state index in [1.54, 1.807) is 27.7 Å². The second-order valence-corrected chi connectivity index (χ2v) is 7.53. The second-order valence-electron chi connectivity index (χ2n) is 7.13. The topological polar surface area (TPSA) is 58.9 Å². The third kappa shape index (κ3) is 4.98. The van der Waals surface area contributed by atoms with Crippen LogP contribution in [0.2, 0.25) is 5.02 Å². The van der Waals surface area contributed by atoms with Crippen LogP contribution in [0.5, 0.6) is 5.75 Å². The van der Waals surface area contributed by atoms with Crippen LogP contribution in [0.15, 0.2) is 42.5 Å². The van der Waals surface area contributed by atoms with Crippen LogP contribution in [0.1, 0.15) is 33.3 Å². The van der Waals surface area contributed by atoms with Gasteiger partial charge in [-0.1, -0.05) is 41.9 Å². The predicted octanol–water partition coefficient (Wildman–Crippen LogP) is 3.31. The average molecular weight is 381 g/mol. The number of ether oxygens (including phenoxy) is 1. The Bertz CT molecular complexity index is 724. The zero-order valence-corrected chi connectivity index (χ0v) is 16.0. The predicted molar refractivity (Wildman–Crippen MR) is 101 cm³/mol. The summed E-state index contributed by atoms with van der Waals surface area (Å²) in [4.78, 5) is 0. The Morgan fingerprint density at radius 3 is 2.27 bits per heavy atom. The molecule has 2 aromatic carbocycles. The van der Waals surface area contributed by atoms with Gasteiger partial charge in [0.15, 0.2) is 11.6 Å². The van der Waals surface area contributed by atoms with E-state index in [0.717, 1.165) is 11.6 Å². The van der Waals surface area contributed by atoms with Crippen LogP contribution in [0.3, 0.4) is 0 Å². The first-order valence-electron chi connectivity index (χ1n) is 8.25. The van der Waals surface area contributed by atoms with Crippen LogP contribution in [0.4, 0.5) is 4.39 Å². The van der Waals surface area contributed by atoms with Crippen molar-refractivity contribution < 1.29 is 23.9 Å². The number of hydrogen-bond acceptors (Lipinski definition) is 4. The fraction of sp³-hybridized carbons (Fsp3) is 0.368. The van der Waals surface area contributed by atoms with Gasteiger partial charge in [0.1, 0.15) is 6.61 Å². The molecule has 26 heavy (non-hydrogen) atoms. The van der Waals surface area contributed by atoms with Crippen molar-refractivity contribution in [3.05, 3.63) is 58.9 Å². The van der Waals surface area contributed by atoms with Crippen molar-refractivity contribution >= 4 is 24.2 Å². The number of aliphatic hydroxyl groups is 1. The molecule has 0 aromatic heterocycles. The van der Waals surface area contributed by atoms with E-state index in [9.17, 15) is 14.5 Å². The maximum absolute atomic E-state index is 14.4. The van der Waals surface area contributed by atoms with Gasteiger partial charge in [0, 0.05) is 0 Å². The number of halogens is 2. The molecule has 0 spiro atoms. The van der Waals surface area contributed by atoms with Crippen molar-refractivity contribution in [3.8, 4) is 5.75 Å². The molecule has 0 unspecified atom stereocenters. The Balaban J connectivity index is 2.15. The smallest absolute Gasteiger partial charge is 0.484 e. The van der Waals surface area contributed by atoms with Gasteiger partial charge in [-0.05, 0) is 50.9 Å². The molecule has 4 nitrogen and oxygen atoms in total. The van der Waals surface area contributed by atoms with Gasteiger partial charge in [0.25, 0.3) is 0 Å². The SMILES string of the molecule is CC(C)(O)C(C)(C)OB(O)c1cc(F)c(OCc2ccccc2)c(Cl)c1. The van der Waals surface area contributed by atoms with Crippen LogP contribution < -0.4 is 10.2 Å². The molecular formula is C19H23BClFO4. The summed E-state index contributed by atoms with van der Waals surface area (Å²) in [6.07, 6.45) is 0. The van der Waals surface area contributed by atoms with E-state index in [2.05, 4.69) is 0 Å². The molecule has 0 aliphatic rings. The lowest BCUT2D eigenvalue weighted by Crippen LogP contribution is -2.53. The Morgan fingerprint density at radius 2 is 1.73 bits per heavy atom. The molecule has 0 aliphatic carbocycles.